The van der Waals surface area contributed by atoms with Gasteiger partial charge < -0.3 is 9.64 Å². The summed E-state index contributed by atoms with van der Waals surface area (Å²) in [5.41, 5.74) is 2.32. The van der Waals surface area contributed by atoms with Crippen LogP contribution in [0.5, 0.6) is 0 Å². The van der Waals surface area contributed by atoms with Crippen LogP contribution in [-0.4, -0.2) is 67.7 Å². The normalized spacial score (nSPS) is 18.1. The average molecular weight is 543 g/mol. The number of aromatic nitrogens is 2. The summed E-state index contributed by atoms with van der Waals surface area (Å²) in [5, 5.41) is 1.71. The van der Waals surface area contributed by atoms with E-state index in [1.807, 2.05) is 30.3 Å². The number of carbonyl (C=O) groups is 2. The lowest BCUT2D eigenvalue weighted by Crippen LogP contribution is -2.42. The summed E-state index contributed by atoms with van der Waals surface area (Å²) in [6.45, 7) is 1.56. The quantitative estimate of drug-likeness (QED) is 0.300. The first-order valence-corrected chi connectivity index (χ1v) is 14.0. The Labute approximate surface area is 220 Å². The van der Waals surface area contributed by atoms with Crippen LogP contribution in [0.2, 0.25) is 5.28 Å². The van der Waals surface area contributed by atoms with Gasteiger partial charge in [-0.2, -0.15) is 4.31 Å². The highest BCUT2D eigenvalue weighted by Gasteiger charge is 2.35. The summed E-state index contributed by atoms with van der Waals surface area (Å²) < 4.78 is 32.6. The van der Waals surface area contributed by atoms with Crippen LogP contribution in [0, 0.1) is 5.92 Å². The first-order valence-electron chi connectivity index (χ1n) is 12.2. The molecule has 2 aliphatic heterocycles. The van der Waals surface area contributed by atoms with E-state index in [0.717, 1.165) is 28.4 Å². The van der Waals surface area contributed by atoms with Crippen molar-refractivity contribution in [3.05, 3.63) is 59.1 Å². The van der Waals surface area contributed by atoms with Gasteiger partial charge in [0.1, 0.15) is 10.7 Å². The van der Waals surface area contributed by atoms with Crippen molar-refractivity contribution in [3.8, 4) is 0 Å². The van der Waals surface area contributed by atoms with Crippen molar-refractivity contribution >= 4 is 49.8 Å². The molecule has 1 saturated heterocycles. The van der Waals surface area contributed by atoms with E-state index in [1.165, 1.54) is 16.7 Å². The molecule has 0 spiro atoms. The third-order valence-corrected chi connectivity index (χ3v) is 9.06. The zero-order valence-corrected chi connectivity index (χ0v) is 22.0. The number of sulfonamides is 1. The molecule has 5 rings (SSSR count). The van der Waals surface area contributed by atoms with Crippen molar-refractivity contribution < 1.29 is 22.7 Å². The molecule has 0 aliphatic carbocycles. The van der Waals surface area contributed by atoms with Crippen LogP contribution in [0.25, 0.3) is 10.8 Å². The van der Waals surface area contributed by atoms with E-state index in [4.69, 9.17) is 16.3 Å². The second-order valence-electron chi connectivity index (χ2n) is 9.31. The molecule has 0 N–H and O–H groups in total. The van der Waals surface area contributed by atoms with Crippen LogP contribution < -0.4 is 4.90 Å². The van der Waals surface area contributed by atoms with Crippen LogP contribution in [0.1, 0.15) is 35.2 Å². The lowest BCUT2D eigenvalue weighted by Gasteiger charge is -2.31. The van der Waals surface area contributed by atoms with Crippen molar-refractivity contribution in [1.82, 2.24) is 14.3 Å². The maximum atomic E-state index is 13.4. The van der Waals surface area contributed by atoms with Crippen molar-refractivity contribution in [2.45, 2.75) is 30.6 Å². The SMILES string of the molecule is COCCCN1C(=O)c2cccc3c(CC(=O)C4CCCN(S(=O)(=O)c5cnc(Cl)nc5)C4)ccc1c23. The summed E-state index contributed by atoms with van der Waals surface area (Å²) in [6, 6.07) is 9.42. The lowest BCUT2D eigenvalue weighted by atomic mass is 9.89. The summed E-state index contributed by atoms with van der Waals surface area (Å²) in [6.07, 6.45) is 4.46. The van der Waals surface area contributed by atoms with Gasteiger partial charge in [0.05, 0.1) is 18.1 Å². The zero-order chi connectivity index (χ0) is 26.2. The largest absolute Gasteiger partial charge is 0.385 e. The number of amides is 1. The molecule has 1 unspecified atom stereocenters. The number of Topliss-reactive ketones (excluding diaryl/α,β-unsaturated/α-hetero) is 1. The zero-order valence-electron chi connectivity index (χ0n) is 20.4. The molecule has 1 aromatic heterocycles. The summed E-state index contributed by atoms with van der Waals surface area (Å²) >= 11 is 5.70. The third kappa shape index (κ3) is 4.86. The maximum Gasteiger partial charge on any atom is 0.258 e. The minimum Gasteiger partial charge on any atom is -0.385 e. The topological polar surface area (TPSA) is 110 Å². The Bertz CT molecular complexity index is 1460. The van der Waals surface area contributed by atoms with E-state index in [9.17, 15) is 18.0 Å². The molecule has 0 bridgehead atoms. The number of piperidine rings is 1. The molecule has 1 fully saturated rings. The monoisotopic (exact) mass is 542 g/mol. The van der Waals surface area contributed by atoms with E-state index in [0.29, 0.717) is 38.1 Å². The number of carbonyl (C=O) groups excluding carboxylic acids is 2. The molecular formula is C26H27ClN4O5S. The van der Waals surface area contributed by atoms with Gasteiger partial charge in [0, 0.05) is 56.6 Å². The van der Waals surface area contributed by atoms with Crippen LogP contribution in [0.4, 0.5) is 5.69 Å². The van der Waals surface area contributed by atoms with Gasteiger partial charge in [0.15, 0.2) is 0 Å². The molecule has 1 amide bonds. The van der Waals surface area contributed by atoms with Gasteiger partial charge in [-0.15, -0.1) is 0 Å². The number of nitrogens with zero attached hydrogens (tertiary/aromatic N) is 4. The van der Waals surface area contributed by atoms with Gasteiger partial charge in [-0.1, -0.05) is 18.2 Å². The second-order valence-corrected chi connectivity index (χ2v) is 11.6. The number of anilines is 1. The van der Waals surface area contributed by atoms with E-state index in [2.05, 4.69) is 9.97 Å². The van der Waals surface area contributed by atoms with E-state index < -0.39 is 15.9 Å². The standard InChI is InChI=1S/C26H27ClN4O5S/c1-36-12-4-11-31-22-9-8-17(20-6-2-7-21(24(20)22)25(31)33)13-23(32)18-5-3-10-30(16-18)37(34,35)19-14-28-26(27)29-15-19/h2,6-9,14-15,18H,3-5,10-13,16H2,1H3. The van der Waals surface area contributed by atoms with Gasteiger partial charge >= 0.3 is 0 Å². The second kappa shape index (κ2) is 10.4. The Morgan fingerprint density at radius 3 is 2.73 bits per heavy atom. The Balaban J connectivity index is 1.36. The fourth-order valence-corrected chi connectivity index (χ4v) is 6.70. The van der Waals surface area contributed by atoms with Gasteiger partial charge in [-0.3, -0.25) is 9.59 Å². The molecule has 11 heteroatoms. The predicted molar refractivity (Wildman–Crippen MR) is 139 cm³/mol. The third-order valence-electron chi connectivity index (χ3n) is 7.04. The number of ether oxygens (including phenoxy) is 1. The summed E-state index contributed by atoms with van der Waals surface area (Å²) in [7, 11) is -2.20. The van der Waals surface area contributed by atoms with Crippen molar-refractivity contribution in [2.24, 2.45) is 5.92 Å². The smallest absolute Gasteiger partial charge is 0.258 e. The molecule has 3 aromatic rings. The molecular weight excluding hydrogens is 516 g/mol. The van der Waals surface area contributed by atoms with Crippen LogP contribution in [0.3, 0.4) is 0 Å². The number of methoxy groups -OCH3 is 1. The number of ketones is 1. The van der Waals surface area contributed by atoms with Crippen molar-refractivity contribution in [1.29, 1.82) is 0 Å². The molecule has 9 nitrogen and oxygen atoms in total. The van der Waals surface area contributed by atoms with E-state index in [-0.39, 0.29) is 34.8 Å². The van der Waals surface area contributed by atoms with Crippen LogP contribution in [0.15, 0.2) is 47.6 Å². The van der Waals surface area contributed by atoms with Gasteiger partial charge in [0.2, 0.25) is 15.3 Å². The number of hydrogen-bond donors (Lipinski definition) is 0. The molecule has 0 saturated carbocycles. The lowest BCUT2D eigenvalue weighted by molar-refractivity contribution is -0.123. The molecule has 194 valence electrons. The Kier molecular flexibility index (Phi) is 7.26. The minimum atomic E-state index is -3.83. The number of halogens is 1. The maximum absolute atomic E-state index is 13.4. The molecule has 37 heavy (non-hydrogen) atoms. The van der Waals surface area contributed by atoms with E-state index in [1.54, 1.807) is 12.0 Å². The molecule has 2 aliphatic rings. The fourth-order valence-electron chi connectivity index (χ4n) is 5.19. The summed E-state index contributed by atoms with van der Waals surface area (Å²) in [4.78, 5) is 35.7. The van der Waals surface area contributed by atoms with Crippen molar-refractivity contribution in [3.63, 3.8) is 0 Å². The molecule has 3 heterocycles. The predicted octanol–water partition coefficient (Wildman–Crippen LogP) is 3.49. The van der Waals surface area contributed by atoms with Gasteiger partial charge in [-0.05, 0) is 53.9 Å². The van der Waals surface area contributed by atoms with E-state index >= 15 is 0 Å². The fraction of sp³-hybridized carbons (Fsp3) is 0.385. The Morgan fingerprint density at radius 2 is 1.97 bits per heavy atom. The molecule has 1 atom stereocenters. The van der Waals surface area contributed by atoms with Gasteiger partial charge in [-0.25, -0.2) is 18.4 Å². The minimum absolute atomic E-state index is 0.0192. The van der Waals surface area contributed by atoms with Crippen LogP contribution >= 0.6 is 11.6 Å². The first-order chi connectivity index (χ1) is 17.8. The highest BCUT2D eigenvalue weighted by Crippen LogP contribution is 2.39. The van der Waals surface area contributed by atoms with Crippen molar-refractivity contribution in [2.75, 3.05) is 38.3 Å². The molecule has 2 aromatic carbocycles. The first kappa shape index (κ1) is 25.7. The Morgan fingerprint density at radius 1 is 1.19 bits per heavy atom. The number of rotatable bonds is 9. The van der Waals surface area contributed by atoms with Crippen LogP contribution in [-0.2, 0) is 26.0 Å². The Hall–Kier alpha value is -2.92. The number of hydrogen-bond acceptors (Lipinski definition) is 7. The molecule has 0 radical (unpaired) electrons. The van der Waals surface area contributed by atoms with Gasteiger partial charge in [0.25, 0.3) is 5.91 Å². The number of benzene rings is 2. The summed E-state index contributed by atoms with van der Waals surface area (Å²) in [5.74, 6) is -0.485. The highest BCUT2D eigenvalue weighted by atomic mass is 35.5. The highest BCUT2D eigenvalue weighted by molar-refractivity contribution is 7.89. The average Bonchev–Trinajstić information content (AvgIpc) is 3.18.